The molecule has 2 aliphatic rings. The first-order valence-electron chi connectivity index (χ1n) is 7.17. The van der Waals surface area contributed by atoms with Gasteiger partial charge in [0.2, 0.25) is 5.91 Å². The number of carbonyl (C=O) groups excluding carboxylic acids is 1. The van der Waals surface area contributed by atoms with E-state index in [1.54, 1.807) is 0 Å². The lowest BCUT2D eigenvalue weighted by molar-refractivity contribution is -0.136. The van der Waals surface area contributed by atoms with Crippen LogP contribution >= 0.6 is 0 Å². The molecule has 0 aromatic rings. The molecule has 2 fully saturated rings. The van der Waals surface area contributed by atoms with Crippen LogP contribution in [0.3, 0.4) is 0 Å². The van der Waals surface area contributed by atoms with Gasteiger partial charge in [0.25, 0.3) is 0 Å². The van der Waals surface area contributed by atoms with Crippen LogP contribution in [-0.2, 0) is 4.79 Å². The van der Waals surface area contributed by atoms with Crippen molar-refractivity contribution in [3.05, 3.63) is 0 Å². The highest BCUT2D eigenvalue weighted by Crippen LogP contribution is 2.32. The lowest BCUT2D eigenvalue weighted by Gasteiger charge is -2.40. The molecule has 2 N–H and O–H groups in total. The predicted molar refractivity (Wildman–Crippen MR) is 71.2 cm³/mol. The zero-order valence-electron chi connectivity index (χ0n) is 11.6. The van der Waals surface area contributed by atoms with Gasteiger partial charge in [-0.15, -0.1) is 0 Å². The smallest absolute Gasteiger partial charge is 0.240 e. The maximum Gasteiger partial charge on any atom is 0.240 e. The van der Waals surface area contributed by atoms with Crippen LogP contribution in [0, 0.1) is 11.3 Å². The van der Waals surface area contributed by atoms with E-state index in [0.717, 1.165) is 45.3 Å². The van der Waals surface area contributed by atoms with Gasteiger partial charge in [0.1, 0.15) is 0 Å². The van der Waals surface area contributed by atoms with Gasteiger partial charge in [-0.2, -0.15) is 0 Å². The molecule has 0 aliphatic carbocycles. The number of aliphatic hydroxyl groups is 1. The summed E-state index contributed by atoms with van der Waals surface area (Å²) in [6.45, 7) is 7.24. The Bertz CT molecular complexity index is 304. The molecule has 0 bridgehead atoms. The van der Waals surface area contributed by atoms with Crippen molar-refractivity contribution in [2.24, 2.45) is 11.3 Å². The largest absolute Gasteiger partial charge is 0.396 e. The van der Waals surface area contributed by atoms with E-state index in [4.69, 9.17) is 5.11 Å². The van der Waals surface area contributed by atoms with Crippen molar-refractivity contribution >= 4 is 5.91 Å². The molecule has 18 heavy (non-hydrogen) atoms. The Balaban J connectivity index is 1.95. The molecular weight excluding hydrogens is 228 g/mol. The van der Waals surface area contributed by atoms with Gasteiger partial charge in [-0.25, -0.2) is 0 Å². The second-order valence-electron chi connectivity index (χ2n) is 6.43. The number of nitrogens with one attached hydrogen (secondary N) is 1. The van der Waals surface area contributed by atoms with Gasteiger partial charge >= 0.3 is 0 Å². The first-order chi connectivity index (χ1) is 8.54. The first kappa shape index (κ1) is 13.8. The van der Waals surface area contributed by atoms with Gasteiger partial charge in [-0.3, -0.25) is 4.79 Å². The lowest BCUT2D eigenvalue weighted by atomic mass is 9.77. The average molecular weight is 254 g/mol. The zero-order chi connectivity index (χ0) is 13.2. The van der Waals surface area contributed by atoms with Gasteiger partial charge < -0.3 is 15.3 Å². The third-order valence-corrected chi connectivity index (χ3v) is 4.51. The standard InChI is InChI=1S/C14H26N2O2/c1-14(2)6-3-7-15-12(14)13(18)16-8-4-11(10-16)5-9-17/h11-12,15,17H,3-10H2,1-2H3. The van der Waals surface area contributed by atoms with E-state index in [9.17, 15) is 4.79 Å². The molecule has 2 saturated heterocycles. The van der Waals surface area contributed by atoms with E-state index >= 15 is 0 Å². The molecule has 2 aliphatic heterocycles. The van der Waals surface area contributed by atoms with Crippen molar-refractivity contribution in [2.75, 3.05) is 26.2 Å². The molecule has 0 spiro atoms. The summed E-state index contributed by atoms with van der Waals surface area (Å²) >= 11 is 0. The van der Waals surface area contributed by atoms with Crippen molar-refractivity contribution in [3.8, 4) is 0 Å². The van der Waals surface area contributed by atoms with Gasteiger partial charge in [0.05, 0.1) is 6.04 Å². The summed E-state index contributed by atoms with van der Waals surface area (Å²) in [6, 6.07) is -0.0286. The monoisotopic (exact) mass is 254 g/mol. The van der Waals surface area contributed by atoms with E-state index in [-0.39, 0.29) is 24.0 Å². The molecule has 104 valence electrons. The number of likely N-dealkylation sites (tertiary alicyclic amines) is 1. The van der Waals surface area contributed by atoms with Crippen LogP contribution in [0.25, 0.3) is 0 Å². The van der Waals surface area contributed by atoms with E-state index in [2.05, 4.69) is 19.2 Å². The summed E-state index contributed by atoms with van der Waals surface area (Å²) in [4.78, 5) is 14.6. The normalized spacial score (nSPS) is 31.6. The number of hydrogen-bond acceptors (Lipinski definition) is 3. The van der Waals surface area contributed by atoms with Crippen molar-refractivity contribution in [3.63, 3.8) is 0 Å². The lowest BCUT2D eigenvalue weighted by Crippen LogP contribution is -2.56. The molecule has 0 aromatic carbocycles. The number of nitrogens with zero attached hydrogens (tertiary/aromatic N) is 1. The number of piperidine rings is 1. The number of carbonyl (C=O) groups is 1. The van der Waals surface area contributed by atoms with Gasteiger partial charge in [0.15, 0.2) is 0 Å². The minimum Gasteiger partial charge on any atom is -0.396 e. The number of rotatable bonds is 3. The van der Waals surface area contributed by atoms with E-state index in [1.165, 1.54) is 0 Å². The highest BCUT2D eigenvalue weighted by Gasteiger charge is 2.40. The zero-order valence-corrected chi connectivity index (χ0v) is 11.6. The molecule has 1 amide bonds. The Morgan fingerprint density at radius 1 is 1.50 bits per heavy atom. The molecule has 0 aromatic heterocycles. The molecule has 0 saturated carbocycles. The van der Waals surface area contributed by atoms with Crippen LogP contribution in [0.5, 0.6) is 0 Å². The Morgan fingerprint density at radius 3 is 2.94 bits per heavy atom. The average Bonchev–Trinajstić information content (AvgIpc) is 2.77. The molecule has 4 nitrogen and oxygen atoms in total. The molecule has 4 heteroatoms. The second-order valence-corrected chi connectivity index (χ2v) is 6.43. The highest BCUT2D eigenvalue weighted by atomic mass is 16.3. The maximum atomic E-state index is 12.6. The van der Waals surface area contributed by atoms with E-state index in [0.29, 0.717) is 5.92 Å². The SMILES string of the molecule is CC1(C)CCCNC1C(=O)N1CCC(CCO)C1. The highest BCUT2D eigenvalue weighted by molar-refractivity contribution is 5.83. The first-order valence-corrected chi connectivity index (χ1v) is 7.17. The van der Waals surface area contributed by atoms with E-state index < -0.39 is 0 Å². The fourth-order valence-electron chi connectivity index (χ4n) is 3.27. The fourth-order valence-corrected chi connectivity index (χ4v) is 3.27. The quantitative estimate of drug-likeness (QED) is 0.790. The molecular formula is C14H26N2O2. The van der Waals surface area contributed by atoms with Gasteiger partial charge in [-0.1, -0.05) is 13.8 Å². The van der Waals surface area contributed by atoms with Crippen molar-refractivity contribution < 1.29 is 9.90 Å². The minimum absolute atomic E-state index is 0.0286. The Labute approximate surface area is 110 Å². The number of hydrogen-bond donors (Lipinski definition) is 2. The Morgan fingerprint density at radius 2 is 2.28 bits per heavy atom. The third kappa shape index (κ3) is 2.86. The fraction of sp³-hybridized carbons (Fsp3) is 0.929. The summed E-state index contributed by atoms with van der Waals surface area (Å²) in [5, 5.41) is 12.4. The topological polar surface area (TPSA) is 52.6 Å². The minimum atomic E-state index is -0.0286. The van der Waals surface area contributed by atoms with Crippen LogP contribution in [-0.4, -0.2) is 48.2 Å². The summed E-state index contributed by atoms with van der Waals surface area (Å²) in [5.74, 6) is 0.755. The molecule has 2 atom stereocenters. The Hall–Kier alpha value is -0.610. The third-order valence-electron chi connectivity index (χ3n) is 4.51. The molecule has 2 rings (SSSR count). The summed E-state index contributed by atoms with van der Waals surface area (Å²) in [7, 11) is 0. The van der Waals surface area contributed by atoms with Crippen LogP contribution in [0.15, 0.2) is 0 Å². The van der Waals surface area contributed by atoms with Crippen molar-refractivity contribution in [1.29, 1.82) is 0 Å². The number of aliphatic hydroxyl groups excluding tert-OH is 1. The van der Waals surface area contributed by atoms with Gasteiger partial charge in [0, 0.05) is 19.7 Å². The summed E-state index contributed by atoms with van der Waals surface area (Å²) in [6.07, 6.45) is 4.14. The Kier molecular flexibility index (Phi) is 4.28. The molecule has 2 unspecified atom stereocenters. The van der Waals surface area contributed by atoms with Crippen LogP contribution in [0.4, 0.5) is 0 Å². The van der Waals surface area contributed by atoms with Crippen molar-refractivity contribution in [1.82, 2.24) is 10.2 Å². The van der Waals surface area contributed by atoms with Crippen LogP contribution in [0.1, 0.15) is 39.5 Å². The van der Waals surface area contributed by atoms with Crippen molar-refractivity contribution in [2.45, 2.75) is 45.6 Å². The number of amides is 1. The van der Waals surface area contributed by atoms with E-state index in [1.807, 2.05) is 4.90 Å². The summed E-state index contributed by atoms with van der Waals surface area (Å²) in [5.41, 5.74) is 0.0599. The maximum absolute atomic E-state index is 12.6. The van der Waals surface area contributed by atoms with Crippen LogP contribution < -0.4 is 5.32 Å². The second kappa shape index (κ2) is 5.57. The molecule has 2 heterocycles. The predicted octanol–water partition coefficient (Wildman–Crippen LogP) is 0.995. The van der Waals surface area contributed by atoms with Gasteiger partial charge in [-0.05, 0) is 43.6 Å². The van der Waals surface area contributed by atoms with Crippen LogP contribution in [0.2, 0.25) is 0 Å². The summed E-state index contributed by atoms with van der Waals surface area (Å²) < 4.78 is 0. The molecule has 0 radical (unpaired) electrons.